The predicted octanol–water partition coefficient (Wildman–Crippen LogP) is 4.37. The second kappa shape index (κ2) is 5.30. The van der Waals surface area contributed by atoms with Gasteiger partial charge >= 0.3 is 0 Å². The van der Waals surface area contributed by atoms with E-state index in [1.165, 1.54) is 11.6 Å². The van der Waals surface area contributed by atoms with Gasteiger partial charge in [0.05, 0.1) is 0 Å². The van der Waals surface area contributed by atoms with Gasteiger partial charge in [0.2, 0.25) is 0 Å². The number of hydrogen-bond acceptors (Lipinski definition) is 0. The molecule has 0 heterocycles. The molecular weight excluding hydrogens is 230 g/mol. The molecule has 0 bridgehead atoms. The predicted molar refractivity (Wildman–Crippen MR) is 69.7 cm³/mol. The van der Waals surface area contributed by atoms with Gasteiger partial charge in [-0.15, -0.1) is 0 Å². The Balaban J connectivity index is 2.15. The third-order valence-electron chi connectivity index (χ3n) is 3.21. The molecule has 0 saturated carbocycles. The highest BCUT2D eigenvalue weighted by Crippen LogP contribution is 2.18. The van der Waals surface area contributed by atoms with Gasteiger partial charge in [0, 0.05) is 0 Å². The van der Waals surface area contributed by atoms with Crippen molar-refractivity contribution in [3.63, 3.8) is 0 Å². The van der Waals surface area contributed by atoms with Crippen molar-refractivity contribution in [1.82, 2.24) is 0 Å². The van der Waals surface area contributed by atoms with Crippen LogP contribution in [0.2, 0.25) is 0 Å². The van der Waals surface area contributed by atoms with Gasteiger partial charge in [0.1, 0.15) is 0 Å². The minimum atomic E-state index is -0.764. The lowest BCUT2D eigenvalue weighted by Gasteiger charge is -2.08. The highest BCUT2D eigenvalue weighted by atomic mass is 19.2. The van der Waals surface area contributed by atoms with E-state index in [9.17, 15) is 8.78 Å². The van der Waals surface area contributed by atoms with Gasteiger partial charge < -0.3 is 0 Å². The molecule has 18 heavy (non-hydrogen) atoms. The van der Waals surface area contributed by atoms with Crippen LogP contribution < -0.4 is 0 Å². The van der Waals surface area contributed by atoms with E-state index in [-0.39, 0.29) is 0 Å². The Morgan fingerprint density at radius 3 is 2.17 bits per heavy atom. The zero-order valence-corrected chi connectivity index (χ0v) is 10.6. The van der Waals surface area contributed by atoms with Crippen LogP contribution >= 0.6 is 0 Å². The molecule has 0 nitrogen and oxygen atoms in total. The van der Waals surface area contributed by atoms with Crippen molar-refractivity contribution in [3.8, 4) is 0 Å². The van der Waals surface area contributed by atoms with Gasteiger partial charge in [-0.1, -0.05) is 35.9 Å². The lowest BCUT2D eigenvalue weighted by atomic mass is 9.99. The molecule has 2 aromatic carbocycles. The number of aryl methyl sites for hydroxylation is 3. The lowest BCUT2D eigenvalue weighted by molar-refractivity contribution is 0.497. The standard InChI is InChI=1S/C16H16F2/c1-11-3-6-13(7-4-11)8-9-14-12(2)5-10-15(17)16(14)18/h3-7,10H,8-9H2,1-2H3. The summed E-state index contributed by atoms with van der Waals surface area (Å²) in [4.78, 5) is 0. The molecule has 0 amide bonds. The van der Waals surface area contributed by atoms with Crippen LogP contribution in [0.3, 0.4) is 0 Å². The second-order valence-electron chi connectivity index (χ2n) is 4.64. The van der Waals surface area contributed by atoms with E-state index in [0.717, 1.165) is 17.5 Å². The first-order valence-corrected chi connectivity index (χ1v) is 6.07. The van der Waals surface area contributed by atoms with E-state index in [1.54, 1.807) is 6.07 Å². The molecule has 0 fully saturated rings. The van der Waals surface area contributed by atoms with Crippen LogP contribution in [0, 0.1) is 25.5 Å². The fourth-order valence-corrected chi connectivity index (χ4v) is 2.02. The van der Waals surface area contributed by atoms with Crippen molar-refractivity contribution in [2.24, 2.45) is 0 Å². The van der Waals surface area contributed by atoms with Crippen molar-refractivity contribution in [2.45, 2.75) is 26.7 Å². The molecule has 0 radical (unpaired) electrons. The third kappa shape index (κ3) is 2.76. The van der Waals surface area contributed by atoms with Crippen LogP contribution in [0.5, 0.6) is 0 Å². The number of benzene rings is 2. The maximum absolute atomic E-state index is 13.7. The molecule has 0 aromatic heterocycles. The molecule has 0 aliphatic carbocycles. The van der Waals surface area contributed by atoms with Gasteiger partial charge in [0.15, 0.2) is 11.6 Å². The summed E-state index contributed by atoms with van der Waals surface area (Å²) in [6, 6.07) is 10.9. The molecule has 0 atom stereocenters. The first-order chi connectivity index (χ1) is 8.58. The minimum absolute atomic E-state index is 0.482. The Labute approximate surface area is 106 Å². The summed E-state index contributed by atoms with van der Waals surface area (Å²) in [5.74, 6) is -1.47. The van der Waals surface area contributed by atoms with E-state index in [0.29, 0.717) is 12.0 Å². The van der Waals surface area contributed by atoms with Crippen molar-refractivity contribution in [3.05, 3.63) is 70.3 Å². The van der Waals surface area contributed by atoms with Crippen LogP contribution in [0.1, 0.15) is 22.3 Å². The molecule has 0 unspecified atom stereocenters. The van der Waals surface area contributed by atoms with Crippen molar-refractivity contribution in [1.29, 1.82) is 0 Å². The average molecular weight is 246 g/mol. The van der Waals surface area contributed by atoms with E-state index >= 15 is 0 Å². The molecule has 94 valence electrons. The minimum Gasteiger partial charge on any atom is -0.204 e. The summed E-state index contributed by atoms with van der Waals surface area (Å²) in [5.41, 5.74) is 3.63. The molecule has 2 aromatic rings. The van der Waals surface area contributed by atoms with Crippen LogP contribution in [-0.2, 0) is 12.8 Å². The SMILES string of the molecule is Cc1ccc(CCc2c(C)ccc(F)c2F)cc1. The Bertz CT molecular complexity index is 542. The summed E-state index contributed by atoms with van der Waals surface area (Å²) in [6.07, 6.45) is 1.25. The lowest BCUT2D eigenvalue weighted by Crippen LogP contribution is -2.00. The summed E-state index contributed by atoms with van der Waals surface area (Å²) in [6.45, 7) is 3.84. The van der Waals surface area contributed by atoms with Crippen molar-refractivity contribution < 1.29 is 8.78 Å². The average Bonchev–Trinajstić information content (AvgIpc) is 2.36. The topological polar surface area (TPSA) is 0 Å². The molecule has 2 heteroatoms. The van der Waals surface area contributed by atoms with E-state index in [2.05, 4.69) is 0 Å². The fraction of sp³-hybridized carbons (Fsp3) is 0.250. The molecule has 0 aliphatic heterocycles. The summed E-state index contributed by atoms with van der Waals surface area (Å²) >= 11 is 0. The number of hydrogen-bond donors (Lipinski definition) is 0. The molecular formula is C16H16F2. The van der Waals surface area contributed by atoms with Crippen molar-refractivity contribution >= 4 is 0 Å². The Morgan fingerprint density at radius 2 is 1.50 bits per heavy atom. The van der Waals surface area contributed by atoms with Crippen molar-refractivity contribution in [2.75, 3.05) is 0 Å². The highest BCUT2D eigenvalue weighted by Gasteiger charge is 2.10. The molecule has 0 saturated heterocycles. The molecule has 0 N–H and O–H groups in total. The van der Waals surface area contributed by atoms with E-state index in [1.807, 2.05) is 38.1 Å². The van der Waals surface area contributed by atoms with Crippen LogP contribution in [-0.4, -0.2) is 0 Å². The van der Waals surface area contributed by atoms with Gasteiger partial charge in [-0.3, -0.25) is 0 Å². The number of halogens is 2. The van der Waals surface area contributed by atoms with Gasteiger partial charge in [-0.05, 0) is 49.4 Å². The molecule has 0 spiro atoms. The zero-order chi connectivity index (χ0) is 13.1. The zero-order valence-electron chi connectivity index (χ0n) is 10.6. The smallest absolute Gasteiger partial charge is 0.162 e. The van der Waals surface area contributed by atoms with Crippen LogP contribution in [0.15, 0.2) is 36.4 Å². The van der Waals surface area contributed by atoms with Gasteiger partial charge in [-0.25, -0.2) is 8.78 Å². The highest BCUT2D eigenvalue weighted by molar-refractivity contribution is 5.30. The van der Waals surface area contributed by atoms with Crippen LogP contribution in [0.25, 0.3) is 0 Å². The summed E-state index contributed by atoms with van der Waals surface area (Å²) in [7, 11) is 0. The quantitative estimate of drug-likeness (QED) is 0.754. The van der Waals surface area contributed by atoms with Gasteiger partial charge in [0.25, 0.3) is 0 Å². The largest absolute Gasteiger partial charge is 0.204 e. The van der Waals surface area contributed by atoms with Gasteiger partial charge in [-0.2, -0.15) is 0 Å². The first-order valence-electron chi connectivity index (χ1n) is 6.07. The second-order valence-corrected chi connectivity index (χ2v) is 4.64. The molecule has 2 rings (SSSR count). The van der Waals surface area contributed by atoms with E-state index < -0.39 is 11.6 Å². The maximum atomic E-state index is 13.7. The third-order valence-corrected chi connectivity index (χ3v) is 3.21. The maximum Gasteiger partial charge on any atom is 0.162 e. The Kier molecular flexibility index (Phi) is 3.75. The van der Waals surface area contributed by atoms with E-state index in [4.69, 9.17) is 0 Å². The summed E-state index contributed by atoms with van der Waals surface area (Å²) < 4.78 is 26.8. The summed E-state index contributed by atoms with van der Waals surface area (Å²) in [5, 5.41) is 0. The normalized spacial score (nSPS) is 10.7. The first kappa shape index (κ1) is 12.7. The Morgan fingerprint density at radius 1 is 0.833 bits per heavy atom. The fourth-order valence-electron chi connectivity index (χ4n) is 2.02. The number of rotatable bonds is 3. The van der Waals surface area contributed by atoms with Crippen LogP contribution in [0.4, 0.5) is 8.78 Å². The Hall–Kier alpha value is -1.70. The molecule has 0 aliphatic rings. The monoisotopic (exact) mass is 246 g/mol.